The molecule has 0 radical (unpaired) electrons. The van der Waals surface area contributed by atoms with Crippen LogP contribution in [0.2, 0.25) is 0 Å². The third kappa shape index (κ3) is 1.99. The van der Waals surface area contributed by atoms with Crippen molar-refractivity contribution in [2.45, 2.75) is 83.8 Å². The second kappa shape index (κ2) is 5.21. The largest absolute Gasteiger partial charge is 0.393 e. The van der Waals surface area contributed by atoms with Crippen LogP contribution in [0.4, 0.5) is 0 Å². The highest BCUT2D eigenvalue weighted by atomic mass is 16.5. The molecular formula is C20H34O2. The van der Waals surface area contributed by atoms with Gasteiger partial charge in [0.05, 0.1) is 12.2 Å². The quantitative estimate of drug-likeness (QED) is 0.778. The number of ether oxygens (including phenoxy) is 1. The standard InChI is InChI=1S/C20H34O2/c1-19-10-8-14(21)12-13(19)4-5-15-16-6-7-18(22-3)20(16,2)11-9-17(15)19/h13-18,21H,4-12H2,1-3H3/t13-,14+,15-,16-,17-,18-,19-,20-/m0/s1. The molecule has 0 aromatic heterocycles. The van der Waals surface area contributed by atoms with Gasteiger partial charge in [-0.25, -0.2) is 0 Å². The van der Waals surface area contributed by atoms with Crippen molar-refractivity contribution in [3.63, 3.8) is 0 Å². The van der Waals surface area contributed by atoms with Gasteiger partial charge in [-0.15, -0.1) is 0 Å². The Morgan fingerprint density at radius 3 is 2.36 bits per heavy atom. The summed E-state index contributed by atoms with van der Waals surface area (Å²) in [5.41, 5.74) is 0.946. The van der Waals surface area contributed by atoms with Crippen LogP contribution in [0.5, 0.6) is 0 Å². The van der Waals surface area contributed by atoms with Crippen LogP contribution in [-0.4, -0.2) is 24.4 Å². The zero-order valence-corrected chi connectivity index (χ0v) is 14.7. The Morgan fingerprint density at radius 1 is 0.864 bits per heavy atom. The molecule has 4 aliphatic carbocycles. The molecule has 0 heterocycles. The van der Waals surface area contributed by atoms with Gasteiger partial charge in [0.1, 0.15) is 0 Å². The predicted molar refractivity (Wildman–Crippen MR) is 88.5 cm³/mol. The molecular weight excluding hydrogens is 272 g/mol. The zero-order valence-electron chi connectivity index (χ0n) is 14.7. The number of aliphatic hydroxyl groups excluding tert-OH is 1. The highest BCUT2D eigenvalue weighted by Gasteiger charge is 2.60. The second-order valence-corrected chi connectivity index (χ2v) is 9.43. The van der Waals surface area contributed by atoms with E-state index in [2.05, 4.69) is 13.8 Å². The molecule has 0 amide bonds. The van der Waals surface area contributed by atoms with Crippen molar-refractivity contribution in [1.82, 2.24) is 0 Å². The van der Waals surface area contributed by atoms with Gasteiger partial charge in [-0.1, -0.05) is 13.8 Å². The SMILES string of the molecule is CO[C@H]1CC[C@H]2[C@@H]3CC[C@H]4C[C@H](O)CC[C@]4(C)[C@H]3CC[C@]12C. The van der Waals surface area contributed by atoms with Crippen molar-refractivity contribution in [1.29, 1.82) is 0 Å². The molecule has 0 bridgehead atoms. The number of hydrogen-bond acceptors (Lipinski definition) is 2. The fourth-order valence-corrected chi connectivity index (χ4v) is 7.57. The lowest BCUT2D eigenvalue weighted by Gasteiger charge is -2.60. The van der Waals surface area contributed by atoms with Gasteiger partial charge >= 0.3 is 0 Å². The highest BCUT2D eigenvalue weighted by molar-refractivity contribution is 5.09. The molecule has 1 N–H and O–H groups in total. The molecule has 22 heavy (non-hydrogen) atoms. The van der Waals surface area contributed by atoms with E-state index in [1.54, 1.807) is 0 Å². The molecule has 0 aliphatic heterocycles. The van der Waals surface area contributed by atoms with Gasteiger partial charge in [-0.2, -0.15) is 0 Å². The minimum Gasteiger partial charge on any atom is -0.393 e. The maximum atomic E-state index is 10.1. The summed E-state index contributed by atoms with van der Waals surface area (Å²) in [5.74, 6) is 3.50. The Balaban J connectivity index is 1.61. The summed E-state index contributed by atoms with van der Waals surface area (Å²) in [6.45, 7) is 5.10. The van der Waals surface area contributed by atoms with Crippen molar-refractivity contribution in [2.75, 3.05) is 7.11 Å². The van der Waals surface area contributed by atoms with E-state index in [9.17, 15) is 5.11 Å². The van der Waals surface area contributed by atoms with Crippen molar-refractivity contribution in [3.05, 3.63) is 0 Å². The van der Waals surface area contributed by atoms with E-state index in [0.717, 1.165) is 36.5 Å². The maximum Gasteiger partial charge on any atom is 0.0627 e. The topological polar surface area (TPSA) is 29.5 Å². The van der Waals surface area contributed by atoms with Crippen LogP contribution in [0, 0.1) is 34.5 Å². The smallest absolute Gasteiger partial charge is 0.0627 e. The molecule has 4 rings (SSSR count). The van der Waals surface area contributed by atoms with Crippen LogP contribution in [-0.2, 0) is 4.74 Å². The summed E-state index contributed by atoms with van der Waals surface area (Å²) >= 11 is 0. The number of methoxy groups -OCH3 is 1. The monoisotopic (exact) mass is 306 g/mol. The zero-order chi connectivity index (χ0) is 15.5. The van der Waals surface area contributed by atoms with Gasteiger partial charge in [0.2, 0.25) is 0 Å². The third-order valence-corrected chi connectivity index (χ3v) is 8.84. The lowest BCUT2D eigenvalue weighted by atomic mass is 9.45. The van der Waals surface area contributed by atoms with Crippen LogP contribution in [0.1, 0.15) is 71.6 Å². The molecule has 0 aromatic rings. The normalized spacial score (nSPS) is 57.8. The van der Waals surface area contributed by atoms with Gasteiger partial charge < -0.3 is 9.84 Å². The van der Waals surface area contributed by atoms with E-state index in [0.29, 0.717) is 16.9 Å². The van der Waals surface area contributed by atoms with Gasteiger partial charge in [-0.05, 0) is 92.3 Å². The summed E-state index contributed by atoms with van der Waals surface area (Å²) in [4.78, 5) is 0. The van der Waals surface area contributed by atoms with Crippen LogP contribution in [0.25, 0.3) is 0 Å². The first-order chi connectivity index (χ1) is 10.5. The summed E-state index contributed by atoms with van der Waals surface area (Å²) in [5, 5.41) is 10.1. The minimum absolute atomic E-state index is 0.0205. The van der Waals surface area contributed by atoms with Gasteiger partial charge in [0.25, 0.3) is 0 Å². The second-order valence-electron chi connectivity index (χ2n) is 9.43. The molecule has 0 saturated heterocycles. The van der Waals surface area contributed by atoms with E-state index >= 15 is 0 Å². The number of fused-ring (bicyclic) bond motifs is 5. The highest BCUT2D eigenvalue weighted by Crippen LogP contribution is 2.66. The summed E-state index contributed by atoms with van der Waals surface area (Å²) in [6, 6.07) is 0. The van der Waals surface area contributed by atoms with E-state index in [-0.39, 0.29) is 6.10 Å². The molecule has 2 heteroatoms. The van der Waals surface area contributed by atoms with Crippen LogP contribution < -0.4 is 0 Å². The average molecular weight is 306 g/mol. The molecule has 4 fully saturated rings. The Hall–Kier alpha value is -0.0800. The third-order valence-electron chi connectivity index (χ3n) is 8.84. The Kier molecular flexibility index (Phi) is 3.66. The summed E-state index contributed by atoms with van der Waals surface area (Å²) in [6.07, 6.45) is 12.1. The Bertz CT molecular complexity index is 435. The van der Waals surface area contributed by atoms with Crippen LogP contribution >= 0.6 is 0 Å². The number of hydrogen-bond donors (Lipinski definition) is 1. The molecule has 0 aromatic carbocycles. The summed E-state index contributed by atoms with van der Waals surface area (Å²) in [7, 11) is 1.92. The Morgan fingerprint density at radius 2 is 1.59 bits per heavy atom. The van der Waals surface area contributed by atoms with Crippen molar-refractivity contribution < 1.29 is 9.84 Å². The molecule has 4 saturated carbocycles. The van der Waals surface area contributed by atoms with E-state index < -0.39 is 0 Å². The van der Waals surface area contributed by atoms with E-state index in [1.165, 1.54) is 44.9 Å². The number of aliphatic hydroxyl groups is 1. The van der Waals surface area contributed by atoms with Crippen LogP contribution in [0.3, 0.4) is 0 Å². The first-order valence-electron chi connectivity index (χ1n) is 9.70. The molecule has 4 aliphatic rings. The molecule has 0 unspecified atom stereocenters. The minimum atomic E-state index is -0.0205. The van der Waals surface area contributed by atoms with Gasteiger partial charge in [-0.3, -0.25) is 0 Å². The fourth-order valence-electron chi connectivity index (χ4n) is 7.57. The lowest BCUT2D eigenvalue weighted by Crippen LogP contribution is -2.54. The lowest BCUT2D eigenvalue weighted by molar-refractivity contribution is -0.137. The Labute approximate surface area is 136 Å². The first kappa shape index (κ1) is 15.4. The van der Waals surface area contributed by atoms with E-state index in [1.807, 2.05) is 7.11 Å². The first-order valence-corrected chi connectivity index (χ1v) is 9.70. The van der Waals surface area contributed by atoms with Gasteiger partial charge in [0, 0.05) is 7.11 Å². The molecule has 0 spiro atoms. The molecule has 126 valence electrons. The van der Waals surface area contributed by atoms with Crippen molar-refractivity contribution >= 4 is 0 Å². The van der Waals surface area contributed by atoms with Gasteiger partial charge in [0.15, 0.2) is 0 Å². The fraction of sp³-hybridized carbons (Fsp3) is 1.00. The van der Waals surface area contributed by atoms with E-state index in [4.69, 9.17) is 4.74 Å². The van der Waals surface area contributed by atoms with Crippen molar-refractivity contribution in [2.24, 2.45) is 34.5 Å². The molecule has 2 nitrogen and oxygen atoms in total. The van der Waals surface area contributed by atoms with Crippen molar-refractivity contribution in [3.8, 4) is 0 Å². The van der Waals surface area contributed by atoms with Crippen LogP contribution in [0.15, 0.2) is 0 Å². The summed E-state index contributed by atoms with van der Waals surface area (Å²) < 4.78 is 5.88. The predicted octanol–water partition coefficient (Wildman–Crippen LogP) is 4.41. The average Bonchev–Trinajstić information content (AvgIpc) is 2.84. The maximum absolute atomic E-state index is 10.1. The molecule has 8 atom stereocenters. The number of rotatable bonds is 1.